The molecule has 1 amide bonds. The van der Waals surface area contributed by atoms with Crippen LogP contribution in [0.5, 0.6) is 0 Å². The second-order valence-corrected chi connectivity index (χ2v) is 6.60. The Balaban J connectivity index is 2.01. The molecule has 1 aliphatic heterocycles. The van der Waals surface area contributed by atoms with Gasteiger partial charge in [0.2, 0.25) is 5.91 Å². The van der Waals surface area contributed by atoms with Crippen LogP contribution in [0.4, 0.5) is 0 Å². The minimum Gasteiger partial charge on any atom is -0.342 e. The number of hydrogen-bond acceptors (Lipinski definition) is 3. The Kier molecular flexibility index (Phi) is 3.99. The zero-order chi connectivity index (χ0) is 12.4. The number of carbonyl (C=O) groups excluding carboxylic acids is 1. The summed E-state index contributed by atoms with van der Waals surface area (Å²) >= 11 is 6.61. The fourth-order valence-corrected chi connectivity index (χ4v) is 3.55. The van der Waals surface area contributed by atoms with Gasteiger partial charge in [-0.1, -0.05) is 6.92 Å². The molecule has 1 N–H and O–H groups in total. The minimum atomic E-state index is 0.241. The Hall–Kier alpha value is -0.680. The van der Waals surface area contributed by atoms with Crippen molar-refractivity contribution in [1.29, 1.82) is 0 Å². The van der Waals surface area contributed by atoms with Crippen LogP contribution in [0.3, 0.4) is 0 Å². The van der Waals surface area contributed by atoms with Crippen molar-refractivity contribution in [1.82, 2.24) is 9.88 Å². The number of amides is 1. The summed E-state index contributed by atoms with van der Waals surface area (Å²) in [5, 5.41) is 0. The lowest BCUT2D eigenvalue weighted by Crippen LogP contribution is -2.39. The van der Waals surface area contributed by atoms with Crippen LogP contribution in [0.25, 0.3) is 0 Å². The first kappa shape index (κ1) is 12.8. The van der Waals surface area contributed by atoms with Gasteiger partial charge >= 0.3 is 0 Å². The predicted octanol–water partition coefficient (Wildman–Crippen LogP) is 2.92. The highest BCUT2D eigenvalue weighted by molar-refractivity contribution is 7.73. The van der Waals surface area contributed by atoms with E-state index >= 15 is 0 Å². The van der Waals surface area contributed by atoms with E-state index in [2.05, 4.69) is 11.9 Å². The van der Waals surface area contributed by atoms with E-state index in [0.717, 1.165) is 34.0 Å². The molecule has 0 unspecified atom stereocenters. The van der Waals surface area contributed by atoms with E-state index in [1.165, 1.54) is 17.8 Å². The highest BCUT2D eigenvalue weighted by atomic mass is 32.1. The van der Waals surface area contributed by atoms with E-state index < -0.39 is 0 Å². The fraction of sp³-hybridized carbons (Fsp3) is 0.667. The Bertz CT molecular complexity index is 463. The van der Waals surface area contributed by atoms with Crippen molar-refractivity contribution in [2.24, 2.45) is 5.92 Å². The summed E-state index contributed by atoms with van der Waals surface area (Å²) in [6.07, 6.45) is 2.87. The van der Waals surface area contributed by atoms with Crippen LogP contribution >= 0.6 is 23.6 Å². The third-order valence-electron chi connectivity index (χ3n) is 3.25. The number of nitrogens with one attached hydrogen (secondary N) is 1. The average Bonchev–Trinajstić information content (AvgIpc) is 2.57. The lowest BCUT2D eigenvalue weighted by atomic mass is 10.00. The number of likely N-dealkylation sites (tertiary alicyclic amines) is 1. The molecule has 17 heavy (non-hydrogen) atoms. The van der Waals surface area contributed by atoms with Crippen LogP contribution in [-0.4, -0.2) is 28.9 Å². The molecule has 0 aliphatic carbocycles. The molecular formula is C12H18N2OS2. The van der Waals surface area contributed by atoms with Crippen molar-refractivity contribution < 1.29 is 4.79 Å². The van der Waals surface area contributed by atoms with Crippen LogP contribution in [0.15, 0.2) is 0 Å². The first-order chi connectivity index (χ1) is 8.06. The number of aromatic nitrogens is 1. The molecule has 1 aliphatic rings. The molecule has 1 saturated heterocycles. The zero-order valence-electron chi connectivity index (χ0n) is 10.3. The van der Waals surface area contributed by atoms with Crippen molar-refractivity contribution in [3.8, 4) is 0 Å². The topological polar surface area (TPSA) is 36.1 Å². The Labute approximate surface area is 111 Å². The number of aromatic amines is 1. The molecule has 2 heterocycles. The van der Waals surface area contributed by atoms with E-state index in [9.17, 15) is 4.79 Å². The summed E-state index contributed by atoms with van der Waals surface area (Å²) in [4.78, 5) is 18.3. The molecule has 3 nitrogen and oxygen atoms in total. The maximum Gasteiger partial charge on any atom is 0.227 e. The number of aryl methyl sites for hydroxylation is 1. The fourth-order valence-electron chi connectivity index (χ4n) is 2.27. The number of nitrogens with zero attached hydrogens (tertiary/aromatic N) is 1. The molecule has 0 radical (unpaired) electrons. The third-order valence-corrected chi connectivity index (χ3v) is 4.58. The van der Waals surface area contributed by atoms with Crippen molar-refractivity contribution in [3.63, 3.8) is 0 Å². The minimum absolute atomic E-state index is 0.241. The summed E-state index contributed by atoms with van der Waals surface area (Å²) in [5.74, 6) is 0.878. The third kappa shape index (κ3) is 3.16. The second kappa shape index (κ2) is 5.31. The smallest absolute Gasteiger partial charge is 0.227 e. The maximum absolute atomic E-state index is 12.2. The van der Waals surface area contributed by atoms with Crippen LogP contribution in [0.1, 0.15) is 30.3 Å². The Morgan fingerprint density at radius 3 is 3.00 bits per heavy atom. The highest BCUT2D eigenvalue weighted by Gasteiger charge is 2.21. The van der Waals surface area contributed by atoms with Gasteiger partial charge in [0.05, 0.1) is 6.42 Å². The zero-order valence-corrected chi connectivity index (χ0v) is 11.9. The molecule has 0 bridgehead atoms. The van der Waals surface area contributed by atoms with Crippen LogP contribution in [-0.2, 0) is 11.2 Å². The van der Waals surface area contributed by atoms with Gasteiger partial charge in [-0.2, -0.15) is 0 Å². The average molecular weight is 270 g/mol. The van der Waals surface area contributed by atoms with Crippen LogP contribution in [0, 0.1) is 16.8 Å². The second-order valence-electron chi connectivity index (χ2n) is 4.83. The largest absolute Gasteiger partial charge is 0.342 e. The monoisotopic (exact) mass is 270 g/mol. The molecule has 5 heteroatoms. The van der Waals surface area contributed by atoms with E-state index in [0.29, 0.717) is 12.3 Å². The predicted molar refractivity (Wildman–Crippen MR) is 72.9 cm³/mol. The van der Waals surface area contributed by atoms with Gasteiger partial charge in [-0.05, 0) is 37.9 Å². The van der Waals surface area contributed by atoms with Gasteiger partial charge < -0.3 is 9.88 Å². The molecule has 1 aromatic heterocycles. The molecule has 0 aromatic carbocycles. The number of hydrogen-bond donors (Lipinski definition) is 1. The SMILES string of the molecule is Cc1[nH]c(=S)sc1CC(=O)N1CCC[C@H](C)C1. The number of H-pyrrole nitrogens is 1. The van der Waals surface area contributed by atoms with Gasteiger partial charge in [-0.3, -0.25) is 4.79 Å². The van der Waals surface area contributed by atoms with E-state index in [-0.39, 0.29) is 5.91 Å². The summed E-state index contributed by atoms with van der Waals surface area (Å²) < 4.78 is 0.761. The van der Waals surface area contributed by atoms with Gasteiger partial charge in [0.15, 0.2) is 3.95 Å². The normalized spacial score (nSPS) is 20.6. The van der Waals surface area contributed by atoms with Crippen LogP contribution in [0.2, 0.25) is 0 Å². The van der Waals surface area contributed by atoms with E-state index in [1.807, 2.05) is 11.8 Å². The van der Waals surface area contributed by atoms with Crippen molar-refractivity contribution in [2.75, 3.05) is 13.1 Å². The number of carbonyl (C=O) groups is 1. The molecule has 2 rings (SSSR count). The maximum atomic E-state index is 12.2. The van der Waals surface area contributed by atoms with Crippen LogP contribution < -0.4 is 0 Å². The molecule has 0 spiro atoms. The van der Waals surface area contributed by atoms with Gasteiger partial charge in [-0.25, -0.2) is 0 Å². The van der Waals surface area contributed by atoms with Gasteiger partial charge in [0, 0.05) is 23.7 Å². The Morgan fingerprint density at radius 1 is 1.65 bits per heavy atom. The first-order valence-electron chi connectivity index (χ1n) is 6.02. The van der Waals surface area contributed by atoms with Gasteiger partial charge in [-0.15, -0.1) is 11.3 Å². The van der Waals surface area contributed by atoms with E-state index in [4.69, 9.17) is 12.2 Å². The number of thiazole rings is 1. The highest BCUT2D eigenvalue weighted by Crippen LogP contribution is 2.19. The van der Waals surface area contributed by atoms with Gasteiger partial charge in [0.25, 0.3) is 0 Å². The summed E-state index contributed by atoms with van der Waals surface area (Å²) in [5.41, 5.74) is 1.04. The number of rotatable bonds is 2. The quantitative estimate of drug-likeness (QED) is 0.839. The standard InChI is InChI=1S/C12H18N2OS2/c1-8-4-3-5-14(7-8)11(15)6-10-9(2)13-12(16)17-10/h8H,3-7H2,1-2H3,(H,13,16)/t8-/m0/s1. The number of piperidine rings is 1. The summed E-state index contributed by atoms with van der Waals surface area (Å²) in [6, 6.07) is 0. The van der Waals surface area contributed by atoms with Crippen molar-refractivity contribution >= 4 is 29.5 Å². The lowest BCUT2D eigenvalue weighted by Gasteiger charge is -2.30. The molecule has 1 atom stereocenters. The molecule has 1 aromatic rings. The molecule has 1 fully saturated rings. The first-order valence-corrected chi connectivity index (χ1v) is 7.25. The van der Waals surface area contributed by atoms with Crippen molar-refractivity contribution in [2.45, 2.75) is 33.1 Å². The Morgan fingerprint density at radius 2 is 2.41 bits per heavy atom. The molecule has 0 saturated carbocycles. The summed E-state index contributed by atoms with van der Waals surface area (Å²) in [6.45, 7) is 6.02. The molecule has 94 valence electrons. The summed E-state index contributed by atoms with van der Waals surface area (Å²) in [7, 11) is 0. The van der Waals surface area contributed by atoms with E-state index in [1.54, 1.807) is 0 Å². The van der Waals surface area contributed by atoms with Crippen molar-refractivity contribution in [3.05, 3.63) is 14.5 Å². The lowest BCUT2D eigenvalue weighted by molar-refractivity contribution is -0.132. The molecular weight excluding hydrogens is 252 g/mol. The van der Waals surface area contributed by atoms with Gasteiger partial charge in [0.1, 0.15) is 0 Å².